The molecular formula is C16H22F2N2O4S. The molecule has 0 aromatic heterocycles. The van der Waals surface area contributed by atoms with Crippen molar-refractivity contribution in [2.24, 2.45) is 0 Å². The van der Waals surface area contributed by atoms with Crippen LogP contribution in [0.5, 0.6) is 0 Å². The minimum atomic E-state index is -3.66. The molecule has 1 aromatic rings. The number of hydrogen-bond donors (Lipinski definition) is 1. The first-order valence-corrected chi connectivity index (χ1v) is 9.55. The highest BCUT2D eigenvalue weighted by molar-refractivity contribution is 7.89. The van der Waals surface area contributed by atoms with E-state index >= 15 is 0 Å². The lowest BCUT2D eigenvalue weighted by atomic mass is 10.1. The lowest BCUT2D eigenvalue weighted by Crippen LogP contribution is -2.36. The van der Waals surface area contributed by atoms with Gasteiger partial charge < -0.3 is 10.1 Å². The van der Waals surface area contributed by atoms with Crippen LogP contribution in [-0.2, 0) is 14.8 Å². The number of nitrogens with one attached hydrogen (secondary N) is 1. The maximum absolute atomic E-state index is 12.8. The molecule has 1 saturated heterocycles. The van der Waals surface area contributed by atoms with Gasteiger partial charge in [0.15, 0.2) is 0 Å². The summed E-state index contributed by atoms with van der Waals surface area (Å²) in [7, 11) is -3.66. The van der Waals surface area contributed by atoms with Gasteiger partial charge in [0.2, 0.25) is 10.0 Å². The summed E-state index contributed by atoms with van der Waals surface area (Å²) in [6.07, 6.45) is 2.65. The molecule has 25 heavy (non-hydrogen) atoms. The summed E-state index contributed by atoms with van der Waals surface area (Å²) in [5, 5.41) is 2.43. The Morgan fingerprint density at radius 2 is 1.96 bits per heavy atom. The van der Waals surface area contributed by atoms with E-state index in [-0.39, 0.29) is 23.6 Å². The highest BCUT2D eigenvalue weighted by atomic mass is 32.2. The molecule has 0 saturated carbocycles. The van der Waals surface area contributed by atoms with Gasteiger partial charge in [0.25, 0.3) is 5.91 Å². The maximum atomic E-state index is 12.8. The highest BCUT2D eigenvalue weighted by Crippen LogP contribution is 2.24. The van der Waals surface area contributed by atoms with Crippen LogP contribution in [0.3, 0.4) is 0 Å². The standard InChI is InChI=1S/C16H22F2N2O4S/c1-12-5-6-13(15(21)19-7-10-24-16(17)18)11-14(12)25(22,23)20-8-3-2-4-9-20/h5-6,11,16H,2-4,7-10H2,1H3,(H,19,21). The molecule has 0 unspecified atom stereocenters. The van der Waals surface area contributed by atoms with E-state index in [4.69, 9.17) is 0 Å². The third kappa shape index (κ3) is 5.20. The predicted molar refractivity (Wildman–Crippen MR) is 88.1 cm³/mol. The molecule has 0 spiro atoms. The molecule has 1 aliphatic heterocycles. The van der Waals surface area contributed by atoms with Crippen LogP contribution in [0.1, 0.15) is 35.2 Å². The zero-order valence-corrected chi connectivity index (χ0v) is 14.8. The maximum Gasteiger partial charge on any atom is 0.345 e. The Bertz CT molecular complexity index is 704. The number of carbonyl (C=O) groups excluding carboxylic acids is 1. The smallest absolute Gasteiger partial charge is 0.345 e. The molecule has 6 nitrogen and oxygen atoms in total. The van der Waals surface area contributed by atoms with Crippen molar-refractivity contribution >= 4 is 15.9 Å². The molecule has 0 bridgehead atoms. The van der Waals surface area contributed by atoms with E-state index in [1.54, 1.807) is 13.0 Å². The molecule has 1 aliphatic rings. The molecule has 1 amide bonds. The van der Waals surface area contributed by atoms with Crippen LogP contribution in [0.2, 0.25) is 0 Å². The minimum absolute atomic E-state index is 0.0920. The van der Waals surface area contributed by atoms with Gasteiger partial charge in [-0.3, -0.25) is 4.79 Å². The lowest BCUT2D eigenvalue weighted by Gasteiger charge is -2.26. The van der Waals surface area contributed by atoms with Crippen molar-refractivity contribution in [1.82, 2.24) is 9.62 Å². The number of carbonyl (C=O) groups is 1. The number of amides is 1. The van der Waals surface area contributed by atoms with Crippen molar-refractivity contribution in [3.63, 3.8) is 0 Å². The molecule has 0 aliphatic carbocycles. The van der Waals surface area contributed by atoms with Crippen molar-refractivity contribution < 1.29 is 26.7 Å². The quantitative estimate of drug-likeness (QED) is 0.740. The van der Waals surface area contributed by atoms with E-state index < -0.39 is 22.5 Å². The van der Waals surface area contributed by atoms with Gasteiger partial charge in [-0.1, -0.05) is 12.5 Å². The fourth-order valence-electron chi connectivity index (χ4n) is 2.68. The minimum Gasteiger partial charge on any atom is -0.350 e. The molecule has 1 aromatic carbocycles. The van der Waals surface area contributed by atoms with Crippen LogP contribution in [0.15, 0.2) is 23.1 Å². The predicted octanol–water partition coefficient (Wildman–Crippen LogP) is 2.14. The van der Waals surface area contributed by atoms with Gasteiger partial charge in [-0.25, -0.2) is 8.42 Å². The van der Waals surface area contributed by atoms with Gasteiger partial charge in [0.05, 0.1) is 11.5 Å². The Morgan fingerprint density at radius 1 is 1.28 bits per heavy atom. The van der Waals surface area contributed by atoms with Gasteiger partial charge in [-0.15, -0.1) is 0 Å². The van der Waals surface area contributed by atoms with Gasteiger partial charge in [-0.05, 0) is 37.5 Å². The summed E-state index contributed by atoms with van der Waals surface area (Å²) in [6, 6.07) is 4.41. The van der Waals surface area contributed by atoms with E-state index in [2.05, 4.69) is 10.1 Å². The van der Waals surface area contributed by atoms with Crippen molar-refractivity contribution in [3.8, 4) is 0 Å². The second-order valence-corrected chi connectivity index (χ2v) is 7.74. The van der Waals surface area contributed by atoms with Gasteiger partial charge in [0, 0.05) is 25.2 Å². The Morgan fingerprint density at radius 3 is 2.60 bits per heavy atom. The summed E-state index contributed by atoms with van der Waals surface area (Å²) in [5.41, 5.74) is 0.724. The van der Waals surface area contributed by atoms with E-state index in [1.807, 2.05) is 0 Å². The zero-order valence-electron chi connectivity index (χ0n) is 14.0. The number of piperidine rings is 1. The Hall–Kier alpha value is -1.58. The largest absolute Gasteiger partial charge is 0.350 e. The van der Waals surface area contributed by atoms with Crippen LogP contribution in [0.25, 0.3) is 0 Å². The number of alkyl halides is 2. The number of ether oxygens (including phenoxy) is 1. The van der Waals surface area contributed by atoms with Crippen molar-refractivity contribution in [1.29, 1.82) is 0 Å². The molecule has 0 radical (unpaired) electrons. The average Bonchev–Trinajstić information content (AvgIpc) is 2.59. The third-order valence-electron chi connectivity index (χ3n) is 4.01. The number of halogens is 2. The molecule has 0 atom stereocenters. The number of benzene rings is 1. The monoisotopic (exact) mass is 376 g/mol. The summed E-state index contributed by atoms with van der Waals surface area (Å²) in [5.74, 6) is -0.534. The summed E-state index contributed by atoms with van der Waals surface area (Å²) in [6.45, 7) is -0.682. The van der Waals surface area contributed by atoms with Crippen LogP contribution < -0.4 is 5.32 Å². The topological polar surface area (TPSA) is 75.7 Å². The summed E-state index contributed by atoms with van der Waals surface area (Å²) in [4.78, 5) is 12.2. The SMILES string of the molecule is Cc1ccc(C(=O)NCCOC(F)F)cc1S(=O)(=O)N1CCCCC1. The van der Waals surface area contributed by atoms with Crippen LogP contribution >= 0.6 is 0 Å². The number of rotatable bonds is 7. The highest BCUT2D eigenvalue weighted by Gasteiger charge is 2.28. The molecule has 1 heterocycles. The van der Waals surface area contributed by atoms with E-state index in [9.17, 15) is 22.0 Å². The molecule has 1 N–H and O–H groups in total. The summed E-state index contributed by atoms with van der Waals surface area (Å²) < 4.78 is 54.9. The molecule has 140 valence electrons. The zero-order chi connectivity index (χ0) is 18.4. The molecule has 2 rings (SSSR count). The molecular weight excluding hydrogens is 354 g/mol. The molecule has 9 heteroatoms. The first kappa shape index (κ1) is 19.7. The second kappa shape index (κ2) is 8.68. The number of nitrogens with zero attached hydrogens (tertiary/aromatic N) is 1. The Labute approximate surface area is 146 Å². The number of sulfonamides is 1. The lowest BCUT2D eigenvalue weighted by molar-refractivity contribution is -0.126. The van der Waals surface area contributed by atoms with Crippen LogP contribution in [0.4, 0.5) is 8.78 Å². The molecule has 1 fully saturated rings. The van der Waals surface area contributed by atoms with E-state index in [1.165, 1.54) is 16.4 Å². The van der Waals surface area contributed by atoms with Gasteiger partial charge >= 0.3 is 6.61 Å². The Kier molecular flexibility index (Phi) is 6.86. The van der Waals surface area contributed by atoms with Crippen molar-refractivity contribution in [2.45, 2.75) is 37.7 Å². The van der Waals surface area contributed by atoms with E-state index in [0.29, 0.717) is 18.7 Å². The summed E-state index contributed by atoms with van der Waals surface area (Å²) >= 11 is 0. The third-order valence-corrected chi connectivity index (χ3v) is 6.06. The number of aryl methyl sites for hydroxylation is 1. The second-order valence-electron chi connectivity index (χ2n) is 5.83. The average molecular weight is 376 g/mol. The first-order valence-electron chi connectivity index (χ1n) is 8.11. The first-order chi connectivity index (χ1) is 11.8. The fraction of sp³-hybridized carbons (Fsp3) is 0.562. The van der Waals surface area contributed by atoms with E-state index in [0.717, 1.165) is 19.3 Å². The van der Waals surface area contributed by atoms with Gasteiger partial charge in [0.1, 0.15) is 0 Å². The van der Waals surface area contributed by atoms with Gasteiger partial charge in [-0.2, -0.15) is 13.1 Å². The normalized spacial score (nSPS) is 16.2. The van der Waals surface area contributed by atoms with Crippen LogP contribution in [0, 0.1) is 6.92 Å². The fourth-order valence-corrected chi connectivity index (χ4v) is 4.45. The van der Waals surface area contributed by atoms with Crippen molar-refractivity contribution in [3.05, 3.63) is 29.3 Å². The van der Waals surface area contributed by atoms with Crippen LogP contribution in [-0.4, -0.2) is 51.5 Å². The Balaban J connectivity index is 2.12. The van der Waals surface area contributed by atoms with Crippen molar-refractivity contribution in [2.75, 3.05) is 26.2 Å². The number of hydrogen-bond acceptors (Lipinski definition) is 4.